The largest absolute Gasteiger partial charge is 0.423 e. The summed E-state index contributed by atoms with van der Waals surface area (Å²) in [6.45, 7) is 11.0. The molecule has 0 radical (unpaired) electrons. The molecule has 3 atom stereocenters. The van der Waals surface area contributed by atoms with Gasteiger partial charge in [-0.15, -0.1) is 0 Å². The molecule has 32 heavy (non-hydrogen) atoms. The maximum atomic E-state index is 12.6. The van der Waals surface area contributed by atoms with Crippen LogP contribution in [-0.4, -0.2) is 34.9 Å². The van der Waals surface area contributed by atoms with E-state index in [4.69, 9.17) is 4.74 Å². The van der Waals surface area contributed by atoms with Crippen molar-refractivity contribution in [3.63, 3.8) is 0 Å². The number of hydrogen-bond donors (Lipinski definition) is 0. The van der Waals surface area contributed by atoms with Crippen LogP contribution in [0.1, 0.15) is 55.6 Å². The molecule has 1 fully saturated rings. The van der Waals surface area contributed by atoms with Crippen molar-refractivity contribution in [2.75, 3.05) is 13.1 Å². The van der Waals surface area contributed by atoms with Crippen molar-refractivity contribution in [3.8, 4) is 5.75 Å². The molecule has 2 aromatic carbocycles. The third kappa shape index (κ3) is 4.07. The predicted octanol–water partition coefficient (Wildman–Crippen LogP) is 5.30. The van der Waals surface area contributed by atoms with Crippen molar-refractivity contribution in [1.82, 2.24) is 4.90 Å². The van der Waals surface area contributed by atoms with Crippen LogP contribution in [-0.2, 0) is 11.8 Å². The van der Waals surface area contributed by atoms with Gasteiger partial charge in [-0.3, -0.25) is 15.0 Å². The summed E-state index contributed by atoms with van der Waals surface area (Å²) in [6, 6.07) is 12.0. The average molecular weight is 435 g/mol. The Morgan fingerprint density at radius 2 is 1.97 bits per heavy atom. The highest BCUT2D eigenvalue weighted by Gasteiger charge is 2.48. The molecule has 3 unspecified atom stereocenters. The summed E-state index contributed by atoms with van der Waals surface area (Å²) in [5.74, 6) is 0.504. The van der Waals surface area contributed by atoms with E-state index in [-0.39, 0.29) is 11.1 Å². The minimum atomic E-state index is -0.511. The van der Waals surface area contributed by atoms with Crippen LogP contribution in [0.25, 0.3) is 0 Å². The molecule has 0 spiro atoms. The number of nitrogens with zero attached hydrogens (tertiary/aromatic N) is 2. The van der Waals surface area contributed by atoms with Gasteiger partial charge in [-0.1, -0.05) is 31.6 Å². The van der Waals surface area contributed by atoms with Gasteiger partial charge in [0.05, 0.1) is 10.5 Å². The van der Waals surface area contributed by atoms with Crippen molar-refractivity contribution >= 4 is 11.7 Å². The Bertz CT molecular complexity index is 1070. The third-order valence-corrected chi connectivity index (χ3v) is 7.35. The molecule has 1 aliphatic heterocycles. The van der Waals surface area contributed by atoms with Crippen LogP contribution in [0.15, 0.2) is 54.1 Å². The predicted molar refractivity (Wildman–Crippen MR) is 124 cm³/mol. The maximum Gasteiger partial charge on any atom is 0.343 e. The lowest BCUT2D eigenvalue weighted by Crippen LogP contribution is -2.57. The molecular weight excluding hydrogens is 404 g/mol. The second kappa shape index (κ2) is 8.51. The van der Waals surface area contributed by atoms with Gasteiger partial charge in [0.2, 0.25) is 0 Å². The molecule has 4 rings (SSSR count). The Morgan fingerprint density at radius 1 is 1.25 bits per heavy atom. The summed E-state index contributed by atoms with van der Waals surface area (Å²) in [4.78, 5) is 25.5. The van der Waals surface area contributed by atoms with E-state index >= 15 is 0 Å². The minimum absolute atomic E-state index is 0.0372. The lowest BCUT2D eigenvalue weighted by Gasteiger charge is -2.54. The average Bonchev–Trinajstić information content (AvgIpc) is 2.76. The van der Waals surface area contributed by atoms with E-state index in [2.05, 4.69) is 44.7 Å². The van der Waals surface area contributed by atoms with Crippen LogP contribution in [0.3, 0.4) is 0 Å². The summed E-state index contributed by atoms with van der Waals surface area (Å²) < 4.78 is 5.64. The SMILES string of the molecule is CC(C)=CCN1CCC2(C)c3cc(OC(=O)c4ccc([N+](=O)[O-])cc4)ccc3CC1C2C. The van der Waals surface area contributed by atoms with Gasteiger partial charge in [0.25, 0.3) is 5.69 Å². The first-order valence-electron chi connectivity index (χ1n) is 11.2. The lowest BCUT2D eigenvalue weighted by molar-refractivity contribution is -0.384. The fraction of sp³-hybridized carbons (Fsp3) is 0.423. The van der Waals surface area contributed by atoms with Gasteiger partial charge in [0.15, 0.2) is 0 Å². The molecule has 0 amide bonds. The number of esters is 1. The normalized spacial score (nSPS) is 24.4. The highest BCUT2D eigenvalue weighted by Crippen LogP contribution is 2.49. The lowest BCUT2D eigenvalue weighted by atomic mass is 9.59. The van der Waals surface area contributed by atoms with E-state index in [1.54, 1.807) is 0 Å². The van der Waals surface area contributed by atoms with Crippen molar-refractivity contribution in [3.05, 3.63) is 80.9 Å². The fourth-order valence-electron chi connectivity index (χ4n) is 5.16. The van der Waals surface area contributed by atoms with Gasteiger partial charge < -0.3 is 4.74 Å². The van der Waals surface area contributed by atoms with Gasteiger partial charge in [-0.05, 0) is 80.0 Å². The van der Waals surface area contributed by atoms with Gasteiger partial charge in [0, 0.05) is 24.7 Å². The molecule has 6 heteroatoms. The van der Waals surface area contributed by atoms with Crippen molar-refractivity contribution < 1.29 is 14.5 Å². The van der Waals surface area contributed by atoms with Crippen LogP contribution in [0.5, 0.6) is 5.75 Å². The molecule has 2 bridgehead atoms. The second-order valence-corrected chi connectivity index (χ2v) is 9.52. The number of non-ortho nitro benzene ring substituents is 1. The second-order valence-electron chi connectivity index (χ2n) is 9.52. The molecule has 6 nitrogen and oxygen atoms in total. The standard InChI is InChI=1S/C26H30N2O4/c1-17(2)11-13-27-14-12-26(4)18(3)24(27)15-20-7-10-22(16-23(20)26)32-25(29)19-5-8-21(9-6-19)28(30)31/h5-11,16,18,24H,12-15H2,1-4H3. The summed E-state index contributed by atoms with van der Waals surface area (Å²) in [5.41, 5.74) is 4.23. The summed E-state index contributed by atoms with van der Waals surface area (Å²) >= 11 is 0. The number of nitro benzene ring substituents is 1. The van der Waals surface area contributed by atoms with Gasteiger partial charge >= 0.3 is 5.97 Å². The monoisotopic (exact) mass is 434 g/mol. The van der Waals surface area contributed by atoms with Crippen LogP contribution in [0, 0.1) is 16.0 Å². The van der Waals surface area contributed by atoms with Crippen molar-refractivity contribution in [1.29, 1.82) is 0 Å². The first-order chi connectivity index (χ1) is 15.2. The van der Waals surface area contributed by atoms with E-state index in [1.165, 1.54) is 41.0 Å². The number of rotatable bonds is 5. The first kappa shape index (κ1) is 22.2. The molecule has 168 valence electrons. The number of benzene rings is 2. The molecular formula is C26H30N2O4. The highest BCUT2D eigenvalue weighted by atomic mass is 16.6. The zero-order valence-corrected chi connectivity index (χ0v) is 19.1. The topological polar surface area (TPSA) is 72.7 Å². The van der Waals surface area contributed by atoms with Gasteiger partial charge in [-0.2, -0.15) is 0 Å². The zero-order chi connectivity index (χ0) is 23.0. The molecule has 2 aromatic rings. The number of nitro groups is 1. The van der Waals surface area contributed by atoms with Gasteiger partial charge in [-0.25, -0.2) is 4.79 Å². The molecule has 2 aliphatic rings. The molecule has 1 aliphatic carbocycles. The van der Waals surface area contributed by atoms with Crippen LogP contribution in [0.2, 0.25) is 0 Å². The number of allylic oxidation sites excluding steroid dienone is 1. The Kier molecular flexibility index (Phi) is 5.91. The first-order valence-corrected chi connectivity index (χ1v) is 11.2. The van der Waals surface area contributed by atoms with E-state index < -0.39 is 10.9 Å². The highest BCUT2D eigenvalue weighted by molar-refractivity contribution is 5.91. The van der Waals surface area contributed by atoms with E-state index in [0.29, 0.717) is 23.3 Å². The van der Waals surface area contributed by atoms with E-state index in [9.17, 15) is 14.9 Å². The number of ether oxygens (including phenoxy) is 1. The quantitative estimate of drug-likeness (QED) is 0.210. The number of carbonyl (C=O) groups is 1. The van der Waals surface area contributed by atoms with E-state index in [1.807, 2.05) is 12.1 Å². The smallest absolute Gasteiger partial charge is 0.343 e. The molecule has 1 heterocycles. The van der Waals surface area contributed by atoms with E-state index in [0.717, 1.165) is 25.9 Å². The zero-order valence-electron chi connectivity index (χ0n) is 19.1. The Hall–Kier alpha value is -2.99. The molecule has 0 saturated carbocycles. The number of carbonyl (C=O) groups excluding carboxylic acids is 1. The van der Waals surface area contributed by atoms with Crippen LogP contribution < -0.4 is 4.74 Å². The van der Waals surface area contributed by atoms with Crippen LogP contribution in [0.4, 0.5) is 5.69 Å². The molecule has 0 N–H and O–H groups in total. The molecule has 0 aromatic heterocycles. The fourth-order valence-corrected chi connectivity index (χ4v) is 5.16. The number of likely N-dealkylation sites (tertiary alicyclic amines) is 1. The van der Waals surface area contributed by atoms with Crippen molar-refractivity contribution in [2.24, 2.45) is 5.92 Å². The Labute approximate surface area is 189 Å². The molecule has 1 saturated heterocycles. The van der Waals surface area contributed by atoms with Crippen molar-refractivity contribution in [2.45, 2.75) is 52.0 Å². The van der Waals surface area contributed by atoms with Gasteiger partial charge in [0.1, 0.15) is 5.75 Å². The summed E-state index contributed by atoms with van der Waals surface area (Å²) in [6.07, 6.45) is 4.37. The number of fused-ring (bicyclic) bond motifs is 4. The Morgan fingerprint density at radius 3 is 2.62 bits per heavy atom. The summed E-state index contributed by atoms with van der Waals surface area (Å²) in [5, 5.41) is 10.8. The van der Waals surface area contributed by atoms with Crippen LogP contribution >= 0.6 is 0 Å². The maximum absolute atomic E-state index is 12.6. The Balaban J connectivity index is 1.56. The summed E-state index contributed by atoms with van der Waals surface area (Å²) in [7, 11) is 0. The number of piperidine rings is 1. The minimum Gasteiger partial charge on any atom is -0.423 e. The third-order valence-electron chi connectivity index (χ3n) is 7.35. The number of hydrogen-bond acceptors (Lipinski definition) is 5.